The van der Waals surface area contributed by atoms with Crippen molar-refractivity contribution in [3.8, 4) is 5.75 Å². The molecule has 1 aliphatic carbocycles. The lowest BCUT2D eigenvalue weighted by Crippen LogP contribution is -2.49. The van der Waals surface area contributed by atoms with Gasteiger partial charge in [-0.2, -0.15) is 0 Å². The van der Waals surface area contributed by atoms with E-state index < -0.39 is 0 Å². The van der Waals surface area contributed by atoms with Gasteiger partial charge in [-0.1, -0.05) is 31.0 Å². The highest BCUT2D eigenvalue weighted by atomic mass is 16.5. The van der Waals surface area contributed by atoms with Crippen molar-refractivity contribution in [2.45, 2.75) is 44.7 Å². The molecule has 37 heavy (non-hydrogen) atoms. The number of aromatic amines is 1. The van der Waals surface area contributed by atoms with Gasteiger partial charge in [0.15, 0.2) is 5.82 Å². The molecule has 0 bridgehead atoms. The SMILES string of the molecule is CCOc1ccc2[nH]c(=O)c(C(c3nnnn3C3CCCC3)N3CCN(c4ccccc4)CC3)cc2c1. The number of fused-ring (bicyclic) bond motifs is 1. The van der Waals surface area contributed by atoms with Crippen LogP contribution in [0.15, 0.2) is 59.4 Å². The summed E-state index contributed by atoms with van der Waals surface area (Å²) in [7, 11) is 0. The first-order valence-corrected chi connectivity index (χ1v) is 13.3. The Kier molecular flexibility index (Phi) is 6.61. The van der Waals surface area contributed by atoms with Crippen LogP contribution in [-0.2, 0) is 0 Å². The van der Waals surface area contributed by atoms with E-state index in [1.807, 2.05) is 41.9 Å². The zero-order chi connectivity index (χ0) is 25.2. The number of piperazine rings is 1. The molecular weight excluding hydrogens is 466 g/mol. The van der Waals surface area contributed by atoms with Gasteiger partial charge in [-0.25, -0.2) is 4.68 Å². The molecule has 9 nitrogen and oxygen atoms in total. The molecule has 1 N–H and O–H groups in total. The van der Waals surface area contributed by atoms with E-state index in [1.165, 1.54) is 18.5 Å². The highest BCUT2D eigenvalue weighted by molar-refractivity contribution is 5.80. The number of nitrogens with one attached hydrogen (secondary N) is 1. The molecule has 6 rings (SSSR count). The summed E-state index contributed by atoms with van der Waals surface area (Å²) >= 11 is 0. The van der Waals surface area contributed by atoms with E-state index in [4.69, 9.17) is 4.74 Å². The predicted molar refractivity (Wildman–Crippen MR) is 143 cm³/mol. The maximum Gasteiger partial charge on any atom is 0.253 e. The number of benzene rings is 2. The summed E-state index contributed by atoms with van der Waals surface area (Å²) < 4.78 is 7.72. The molecule has 4 aromatic rings. The molecule has 192 valence electrons. The van der Waals surface area contributed by atoms with Gasteiger partial charge in [0.05, 0.1) is 12.6 Å². The van der Waals surface area contributed by atoms with Gasteiger partial charge in [0, 0.05) is 48.3 Å². The van der Waals surface area contributed by atoms with E-state index in [9.17, 15) is 4.79 Å². The Morgan fingerprint density at radius 2 is 1.81 bits per heavy atom. The highest BCUT2D eigenvalue weighted by Crippen LogP contribution is 2.34. The van der Waals surface area contributed by atoms with E-state index in [2.05, 4.69) is 54.6 Å². The fourth-order valence-electron chi connectivity index (χ4n) is 5.83. The monoisotopic (exact) mass is 499 g/mol. The normalized spacial score (nSPS) is 17.9. The van der Waals surface area contributed by atoms with Crippen molar-refractivity contribution in [2.24, 2.45) is 0 Å². The summed E-state index contributed by atoms with van der Waals surface area (Å²) in [4.78, 5) is 21.4. The third-order valence-corrected chi connectivity index (χ3v) is 7.68. The molecule has 2 fully saturated rings. The number of rotatable bonds is 7. The van der Waals surface area contributed by atoms with E-state index in [0.717, 1.165) is 61.5 Å². The quantitative estimate of drug-likeness (QED) is 0.412. The molecule has 1 atom stereocenters. The number of hydrogen-bond acceptors (Lipinski definition) is 7. The number of anilines is 1. The number of hydrogen-bond donors (Lipinski definition) is 1. The molecule has 3 heterocycles. The number of aromatic nitrogens is 5. The summed E-state index contributed by atoms with van der Waals surface area (Å²) in [5, 5.41) is 14.0. The standard InChI is InChI=1S/C28H33N7O2/c1-2-37-23-12-13-25-20(18-23)19-24(28(36)29-25)26(27-30-31-32-35(27)22-10-6-7-11-22)34-16-14-33(15-17-34)21-8-4-3-5-9-21/h3-5,8-9,12-13,18-19,22,26H,2,6-7,10-11,14-17H2,1H3,(H,29,36). The Labute approximate surface area is 216 Å². The average Bonchev–Trinajstić information content (AvgIpc) is 3.63. The molecule has 0 radical (unpaired) electrons. The van der Waals surface area contributed by atoms with Crippen molar-refractivity contribution >= 4 is 16.6 Å². The van der Waals surface area contributed by atoms with Gasteiger partial charge in [0.1, 0.15) is 11.8 Å². The van der Waals surface area contributed by atoms with Crippen LogP contribution in [0.5, 0.6) is 5.75 Å². The Bertz CT molecular complexity index is 1400. The molecule has 1 unspecified atom stereocenters. The van der Waals surface area contributed by atoms with Crippen LogP contribution in [0.2, 0.25) is 0 Å². The van der Waals surface area contributed by atoms with Crippen LogP contribution < -0.4 is 15.2 Å². The smallest absolute Gasteiger partial charge is 0.253 e. The zero-order valence-corrected chi connectivity index (χ0v) is 21.2. The molecule has 0 spiro atoms. The highest BCUT2D eigenvalue weighted by Gasteiger charge is 2.34. The van der Waals surface area contributed by atoms with Crippen LogP contribution in [0, 0.1) is 0 Å². The van der Waals surface area contributed by atoms with Crippen molar-refractivity contribution in [1.29, 1.82) is 0 Å². The Balaban J connectivity index is 1.40. The summed E-state index contributed by atoms with van der Waals surface area (Å²) in [5.74, 6) is 1.54. The number of pyridine rings is 1. The second-order valence-corrected chi connectivity index (χ2v) is 9.92. The fourth-order valence-corrected chi connectivity index (χ4v) is 5.83. The van der Waals surface area contributed by atoms with Crippen LogP contribution >= 0.6 is 0 Å². The first-order chi connectivity index (χ1) is 18.2. The number of para-hydroxylation sites is 1. The van der Waals surface area contributed by atoms with Gasteiger partial charge < -0.3 is 14.6 Å². The van der Waals surface area contributed by atoms with Crippen LogP contribution in [0.1, 0.15) is 56.1 Å². The van der Waals surface area contributed by atoms with E-state index in [-0.39, 0.29) is 17.6 Å². The third-order valence-electron chi connectivity index (χ3n) is 7.68. The molecule has 2 aliphatic rings. The van der Waals surface area contributed by atoms with Crippen LogP contribution in [0.25, 0.3) is 10.9 Å². The maximum atomic E-state index is 13.5. The number of tetrazole rings is 1. The number of H-pyrrole nitrogens is 1. The first kappa shape index (κ1) is 23.7. The van der Waals surface area contributed by atoms with Gasteiger partial charge in [-0.05, 0) is 66.6 Å². The van der Waals surface area contributed by atoms with Crippen molar-refractivity contribution in [3.05, 3.63) is 76.3 Å². The van der Waals surface area contributed by atoms with Crippen LogP contribution in [0.4, 0.5) is 5.69 Å². The summed E-state index contributed by atoms with van der Waals surface area (Å²) in [6.07, 6.45) is 4.50. The molecule has 9 heteroatoms. The summed E-state index contributed by atoms with van der Waals surface area (Å²) in [6, 6.07) is 18.2. The number of nitrogens with zero attached hydrogens (tertiary/aromatic N) is 6. The first-order valence-electron chi connectivity index (χ1n) is 13.3. The third kappa shape index (κ3) is 4.71. The molecule has 2 aromatic carbocycles. The van der Waals surface area contributed by atoms with E-state index in [0.29, 0.717) is 12.2 Å². The lowest BCUT2D eigenvalue weighted by atomic mass is 10.0. The minimum absolute atomic E-state index is 0.104. The lowest BCUT2D eigenvalue weighted by molar-refractivity contribution is 0.197. The van der Waals surface area contributed by atoms with Gasteiger partial charge in [-0.15, -0.1) is 5.10 Å². The van der Waals surface area contributed by atoms with Crippen LogP contribution in [-0.4, -0.2) is 62.9 Å². The van der Waals surface area contributed by atoms with E-state index in [1.54, 1.807) is 0 Å². The molecule has 2 aromatic heterocycles. The Morgan fingerprint density at radius 3 is 2.57 bits per heavy atom. The van der Waals surface area contributed by atoms with Crippen molar-refractivity contribution in [2.75, 3.05) is 37.7 Å². The van der Waals surface area contributed by atoms with Gasteiger partial charge in [-0.3, -0.25) is 9.69 Å². The summed E-state index contributed by atoms with van der Waals surface area (Å²) in [5.41, 5.74) is 2.58. The van der Waals surface area contributed by atoms with Crippen LogP contribution in [0.3, 0.4) is 0 Å². The molecule has 1 saturated carbocycles. The molecule has 0 amide bonds. The molecule has 1 aliphatic heterocycles. The minimum atomic E-state index is -0.336. The predicted octanol–water partition coefficient (Wildman–Crippen LogP) is 3.94. The summed E-state index contributed by atoms with van der Waals surface area (Å²) in [6.45, 7) is 5.89. The van der Waals surface area contributed by atoms with Gasteiger partial charge in [0.25, 0.3) is 5.56 Å². The maximum absolute atomic E-state index is 13.5. The average molecular weight is 500 g/mol. The second kappa shape index (κ2) is 10.3. The van der Waals surface area contributed by atoms with Gasteiger partial charge >= 0.3 is 0 Å². The van der Waals surface area contributed by atoms with Crippen molar-refractivity contribution in [3.63, 3.8) is 0 Å². The second-order valence-electron chi connectivity index (χ2n) is 9.92. The van der Waals surface area contributed by atoms with E-state index >= 15 is 0 Å². The topological polar surface area (TPSA) is 92.2 Å². The lowest BCUT2D eigenvalue weighted by Gasteiger charge is -2.39. The molecular formula is C28H33N7O2. The minimum Gasteiger partial charge on any atom is -0.494 e. The zero-order valence-electron chi connectivity index (χ0n) is 21.2. The van der Waals surface area contributed by atoms with Gasteiger partial charge in [0.2, 0.25) is 0 Å². The largest absolute Gasteiger partial charge is 0.494 e. The van der Waals surface area contributed by atoms with Crippen molar-refractivity contribution < 1.29 is 4.74 Å². The fraction of sp³-hybridized carbons (Fsp3) is 0.429. The Hall–Kier alpha value is -3.72. The molecule has 1 saturated heterocycles. The van der Waals surface area contributed by atoms with Crippen molar-refractivity contribution in [1.82, 2.24) is 30.1 Å². The number of ether oxygens (including phenoxy) is 1. The Morgan fingerprint density at radius 1 is 1.03 bits per heavy atom.